The van der Waals surface area contributed by atoms with Gasteiger partial charge >= 0.3 is 6.09 Å². The number of aliphatic hydroxyl groups is 1. The number of hydrogen-bond donors (Lipinski definition) is 6. The van der Waals surface area contributed by atoms with Crippen molar-refractivity contribution in [2.24, 2.45) is 11.3 Å². The maximum absolute atomic E-state index is 14.5. The molecule has 0 radical (unpaired) electrons. The van der Waals surface area contributed by atoms with Crippen molar-refractivity contribution < 1.29 is 76.7 Å². The second-order valence-corrected chi connectivity index (χ2v) is 29.7. The van der Waals surface area contributed by atoms with E-state index in [-0.39, 0.29) is 90.6 Å². The van der Waals surface area contributed by atoms with Gasteiger partial charge in [0.15, 0.2) is 29.2 Å². The van der Waals surface area contributed by atoms with E-state index >= 15 is 0 Å². The number of nitrogens with one attached hydrogen (secondary N) is 5. The largest absolute Gasteiger partial charge is 0.497 e. The van der Waals surface area contributed by atoms with E-state index in [9.17, 15) is 48.3 Å². The lowest BCUT2D eigenvalue weighted by Gasteiger charge is -2.31. The minimum absolute atomic E-state index is 0.0279. The van der Waals surface area contributed by atoms with E-state index in [1.807, 2.05) is 108 Å². The highest BCUT2D eigenvalue weighted by Gasteiger charge is 2.58. The number of rotatable bonds is 28. The summed E-state index contributed by atoms with van der Waals surface area (Å²) < 4.78 is 37.2. The van der Waals surface area contributed by atoms with E-state index in [4.69, 9.17) is 28.4 Å². The van der Waals surface area contributed by atoms with Gasteiger partial charge in [0.1, 0.15) is 30.1 Å². The SMILES string of the molecule is COc1ccc(C2=CN3C(=O)c4cc(OC)c(OCCCCCOc5cc6c(cc5OC)C(=O)N5CC7(CC7)C[C@H]5[C@H](O)N6C(=O)OCc5ccc(NC(=O)[C@H](C)NC(=O)[C@@H](NC(=O)CNC(=O)CNC(=O)CCC(=O)N6Cc7ccccc7-c7nnn(C(C)C)c7-c7ccccc76)C(C)C)cc5)cc4CC[C@@H]3C2)cc1. The number of carbonyl (C=O) groups is 9. The van der Waals surface area contributed by atoms with Crippen LogP contribution in [0, 0.1) is 11.3 Å². The lowest BCUT2D eigenvalue weighted by atomic mass is 9.95. The molecule has 582 valence electrons. The number of unbranched alkanes of at least 4 members (excludes halogenated alkanes) is 2. The first-order valence-electron chi connectivity index (χ1n) is 37.8. The van der Waals surface area contributed by atoms with Gasteiger partial charge in [0.25, 0.3) is 11.8 Å². The van der Waals surface area contributed by atoms with Gasteiger partial charge in [-0.25, -0.2) is 14.4 Å². The molecule has 13 rings (SSSR count). The minimum Gasteiger partial charge on any atom is -0.497 e. The molecule has 5 atom stereocenters. The molecule has 1 aliphatic carbocycles. The van der Waals surface area contributed by atoms with Crippen molar-refractivity contribution in [3.8, 4) is 51.3 Å². The van der Waals surface area contributed by atoms with E-state index in [0.29, 0.717) is 85.0 Å². The Bertz CT molecular complexity index is 4750. The van der Waals surface area contributed by atoms with Crippen LogP contribution in [0.3, 0.4) is 0 Å². The van der Waals surface area contributed by atoms with Gasteiger partial charge in [-0.3, -0.25) is 38.4 Å². The van der Waals surface area contributed by atoms with E-state index in [2.05, 4.69) is 36.9 Å². The number of amides is 9. The first-order valence-corrected chi connectivity index (χ1v) is 37.8. The topological polar surface area (TPSA) is 333 Å². The highest BCUT2D eigenvalue weighted by molar-refractivity contribution is 6.07. The van der Waals surface area contributed by atoms with Gasteiger partial charge in [-0.2, -0.15) is 0 Å². The Morgan fingerprint density at radius 2 is 1.33 bits per heavy atom. The number of aromatic nitrogens is 3. The summed E-state index contributed by atoms with van der Waals surface area (Å²) in [5, 5.41) is 34.2. The molecular formula is C83H94N12O16. The molecular weight excluding hydrogens is 1420 g/mol. The van der Waals surface area contributed by atoms with Crippen molar-refractivity contribution in [2.45, 2.75) is 155 Å². The Hall–Kier alpha value is -11.8. The van der Waals surface area contributed by atoms with Crippen LogP contribution in [0.5, 0.6) is 28.7 Å². The highest BCUT2D eigenvalue weighted by atomic mass is 16.6. The van der Waals surface area contributed by atoms with Gasteiger partial charge < -0.3 is 74.8 Å². The van der Waals surface area contributed by atoms with Crippen molar-refractivity contribution in [3.63, 3.8) is 0 Å². The molecule has 9 amide bonds. The molecule has 0 unspecified atom stereocenters. The van der Waals surface area contributed by atoms with Crippen LogP contribution in [-0.2, 0) is 53.1 Å². The van der Waals surface area contributed by atoms with Gasteiger partial charge in [-0.15, -0.1) is 5.10 Å². The fourth-order valence-corrected chi connectivity index (χ4v) is 15.1. The molecule has 6 heterocycles. The third kappa shape index (κ3) is 17.0. The molecule has 111 heavy (non-hydrogen) atoms. The Morgan fingerprint density at radius 1 is 0.658 bits per heavy atom. The average Bonchev–Trinajstić information content (AvgIpc) is 1.58. The van der Waals surface area contributed by atoms with Crippen molar-refractivity contribution >= 4 is 76.0 Å². The molecule has 6 aliphatic rings. The second kappa shape index (κ2) is 33.6. The highest BCUT2D eigenvalue weighted by Crippen LogP contribution is 2.57. The number of aryl methyl sites for hydroxylation is 1. The maximum Gasteiger partial charge on any atom is 0.416 e. The number of ether oxygens (including phenoxy) is 6. The summed E-state index contributed by atoms with van der Waals surface area (Å²) in [6.07, 6.45) is 5.68. The normalized spacial score (nSPS) is 17.5. The van der Waals surface area contributed by atoms with Crippen LogP contribution in [0.15, 0.2) is 128 Å². The Kier molecular flexibility index (Phi) is 23.4. The number of carbonyl (C=O) groups excluding carboxylic acids is 9. The summed E-state index contributed by atoms with van der Waals surface area (Å²) >= 11 is 0. The smallest absolute Gasteiger partial charge is 0.416 e. The molecule has 1 saturated heterocycles. The van der Waals surface area contributed by atoms with Gasteiger partial charge in [0, 0.05) is 66.1 Å². The summed E-state index contributed by atoms with van der Waals surface area (Å²) in [6.45, 7) is 8.86. The first-order chi connectivity index (χ1) is 53.5. The van der Waals surface area contributed by atoms with Crippen LogP contribution in [0.1, 0.15) is 148 Å². The van der Waals surface area contributed by atoms with Gasteiger partial charge in [0.05, 0.1) is 82.9 Å². The molecule has 5 aliphatic heterocycles. The number of hydrogen-bond acceptors (Lipinski definition) is 18. The first kappa shape index (κ1) is 77.4. The number of fused-ring (bicyclic) bond motifs is 9. The predicted molar refractivity (Wildman–Crippen MR) is 412 cm³/mol. The quantitative estimate of drug-likeness (QED) is 0.0248. The molecule has 1 spiro atoms. The minimum atomic E-state index is -1.48. The number of aliphatic hydroxyl groups excluding tert-OH is 1. The monoisotopic (exact) mass is 1510 g/mol. The molecule has 28 heteroatoms. The van der Waals surface area contributed by atoms with Crippen molar-refractivity contribution in [3.05, 3.63) is 161 Å². The number of methoxy groups -OCH3 is 3. The molecule has 0 bridgehead atoms. The summed E-state index contributed by atoms with van der Waals surface area (Å²) in [6, 6.07) is 33.3. The Balaban J connectivity index is 0.557. The summed E-state index contributed by atoms with van der Waals surface area (Å²) in [7, 11) is 4.66. The van der Waals surface area contributed by atoms with Crippen molar-refractivity contribution in [1.29, 1.82) is 0 Å². The number of benzene rings is 6. The van der Waals surface area contributed by atoms with Crippen LogP contribution >= 0.6 is 0 Å². The molecule has 6 N–H and O–H groups in total. The average molecular weight is 1520 g/mol. The zero-order chi connectivity index (χ0) is 78.4. The fraction of sp³-hybridized carbons (Fsp3) is 0.410. The summed E-state index contributed by atoms with van der Waals surface area (Å²) in [5.74, 6) is -2.07. The molecule has 7 aromatic rings. The fourth-order valence-electron chi connectivity index (χ4n) is 15.1. The standard InChI is InChI=1S/C83H94N12O16/c1-48(2)74(88-72(98)43-85-71(97)42-84-70(96)30-31-73(99)92-44-54-16-10-11-17-59(54)75-76(95(49(3)4)90-89-75)60-18-12-13-19-63(60)92)78(101)86-50(5)77(100)87-56-25-20-51(21-26-56)46-111-82(105)94-64-40-69(67(108-8)39-62(64)80(103)93-47-83(32-33-83)41-65(93)81(94)104)110-35-15-9-14-34-109-68-37-53-22-27-57-36-55(52-23-28-58(106-6)29-24-52)45-91(57)79(102)61(53)38-66(68)107-7/h10-13,16-21,23-26,28-29,37-40,45,48-50,57,65,74,81,104H,9,14-15,22,27,30-36,41-44,46-47H2,1-8H3,(H,84,96)(H,85,97)(H,86,101)(H,87,100)(H,88,98)/t50-,57+,65-,74-,81-/m0/s1. The summed E-state index contributed by atoms with van der Waals surface area (Å²) in [4.78, 5) is 130. The van der Waals surface area contributed by atoms with E-state index in [1.54, 1.807) is 68.2 Å². The zero-order valence-corrected chi connectivity index (χ0v) is 63.6. The maximum atomic E-state index is 14.5. The van der Waals surface area contributed by atoms with Gasteiger partial charge in [0.2, 0.25) is 35.4 Å². The van der Waals surface area contributed by atoms with Crippen molar-refractivity contribution in [2.75, 3.05) is 69.3 Å². The van der Waals surface area contributed by atoms with E-state index < -0.39 is 79.0 Å². The molecule has 1 saturated carbocycles. The summed E-state index contributed by atoms with van der Waals surface area (Å²) in [5.41, 5.74) is 9.21. The molecule has 28 nitrogen and oxygen atoms in total. The third-order valence-electron chi connectivity index (χ3n) is 21.4. The number of nitrogens with zero attached hydrogens (tertiary/aromatic N) is 7. The lowest BCUT2D eigenvalue weighted by molar-refractivity contribution is -0.132. The number of anilines is 3. The zero-order valence-electron chi connectivity index (χ0n) is 63.6. The Labute approximate surface area is 643 Å². The number of para-hydroxylation sites is 1. The van der Waals surface area contributed by atoms with Gasteiger partial charge in [-0.1, -0.05) is 85.8 Å². The van der Waals surface area contributed by atoms with E-state index in [0.717, 1.165) is 75.4 Å². The molecule has 1 aromatic heterocycles. The van der Waals surface area contributed by atoms with Crippen LogP contribution in [0.25, 0.3) is 28.1 Å². The predicted octanol–water partition coefficient (Wildman–Crippen LogP) is 9.66. The third-order valence-corrected chi connectivity index (χ3v) is 21.4. The van der Waals surface area contributed by atoms with Gasteiger partial charge in [-0.05, 0) is 166 Å². The Morgan fingerprint density at radius 3 is 2.03 bits per heavy atom. The lowest BCUT2D eigenvalue weighted by Crippen LogP contribution is -2.55. The molecule has 6 aromatic carbocycles. The van der Waals surface area contributed by atoms with E-state index in [1.165, 1.54) is 26.2 Å². The molecule has 2 fully saturated rings. The van der Waals surface area contributed by atoms with Crippen LogP contribution in [0.4, 0.5) is 21.9 Å². The van der Waals surface area contributed by atoms with Crippen LogP contribution in [0.2, 0.25) is 0 Å². The second-order valence-electron chi connectivity index (χ2n) is 29.7. The van der Waals surface area contributed by atoms with Crippen LogP contribution < -0.4 is 60.1 Å². The van der Waals surface area contributed by atoms with Crippen LogP contribution in [-0.4, -0.2) is 168 Å². The van der Waals surface area contributed by atoms with Crippen molar-refractivity contribution in [1.82, 2.24) is 46.1 Å².